The molecule has 0 unspecified atom stereocenters. The first kappa shape index (κ1) is 13.5. The molecule has 2 rings (SSSR count). The van der Waals surface area contributed by atoms with Crippen LogP contribution in [0.1, 0.15) is 17.4 Å². The first-order chi connectivity index (χ1) is 9.25. The van der Waals surface area contributed by atoms with Crippen LogP contribution in [0.5, 0.6) is 5.75 Å². The minimum Gasteiger partial charge on any atom is -0.493 e. The molecular weight excluding hydrogens is 262 g/mol. The third-order valence-corrected chi connectivity index (χ3v) is 3.00. The molecule has 0 radical (unpaired) electrons. The van der Waals surface area contributed by atoms with E-state index in [-0.39, 0.29) is 11.9 Å². The van der Waals surface area contributed by atoms with E-state index in [4.69, 9.17) is 9.47 Å². The number of nitrogens with zero attached hydrogens (tertiary/aromatic N) is 1. The van der Waals surface area contributed by atoms with E-state index >= 15 is 0 Å². The Hall–Kier alpha value is -1.88. The zero-order valence-corrected chi connectivity index (χ0v) is 11.4. The molecule has 1 aromatic heterocycles. The topological polar surface area (TPSA) is 48.4 Å². The minimum atomic E-state index is -0.382. The van der Waals surface area contributed by atoms with Gasteiger partial charge in [0.2, 0.25) is 0 Å². The van der Waals surface area contributed by atoms with E-state index < -0.39 is 0 Å². The van der Waals surface area contributed by atoms with Crippen molar-refractivity contribution in [3.05, 3.63) is 46.9 Å². The molecule has 1 atom stereocenters. The van der Waals surface area contributed by atoms with Gasteiger partial charge in [0.15, 0.2) is 5.69 Å². The van der Waals surface area contributed by atoms with Crippen LogP contribution in [0, 0.1) is 5.92 Å². The summed E-state index contributed by atoms with van der Waals surface area (Å²) in [6.45, 7) is 2.80. The van der Waals surface area contributed by atoms with Crippen LogP contribution in [-0.2, 0) is 4.74 Å². The Morgan fingerprint density at radius 2 is 2.11 bits per heavy atom. The highest BCUT2D eigenvalue weighted by atomic mass is 32.1. The number of hydrogen-bond donors (Lipinski definition) is 0. The van der Waals surface area contributed by atoms with Crippen LogP contribution in [0.25, 0.3) is 0 Å². The molecule has 0 fully saturated rings. The molecule has 0 aliphatic heterocycles. The molecular formula is C14H15NO3S. The molecule has 0 aliphatic carbocycles. The fourth-order valence-corrected chi connectivity index (χ4v) is 1.93. The highest BCUT2D eigenvalue weighted by Crippen LogP contribution is 2.10. The number of carbonyl (C=O) groups excluding carboxylic acids is 1. The lowest BCUT2D eigenvalue weighted by atomic mass is 10.2. The van der Waals surface area contributed by atoms with E-state index in [0.717, 1.165) is 5.75 Å². The van der Waals surface area contributed by atoms with Gasteiger partial charge < -0.3 is 9.47 Å². The zero-order valence-electron chi connectivity index (χ0n) is 10.6. The van der Waals surface area contributed by atoms with E-state index in [1.165, 1.54) is 11.3 Å². The summed E-state index contributed by atoms with van der Waals surface area (Å²) in [6.07, 6.45) is 0. The molecule has 0 amide bonds. The number of carbonyl (C=O) groups is 1. The van der Waals surface area contributed by atoms with Crippen molar-refractivity contribution in [2.24, 2.45) is 5.92 Å². The maximum atomic E-state index is 11.6. The molecule has 0 aliphatic rings. The molecule has 0 bridgehead atoms. The molecule has 5 heteroatoms. The highest BCUT2D eigenvalue weighted by Gasteiger charge is 2.11. The van der Waals surface area contributed by atoms with Crippen molar-refractivity contribution >= 4 is 17.3 Å². The quantitative estimate of drug-likeness (QED) is 0.762. The van der Waals surface area contributed by atoms with Crippen LogP contribution >= 0.6 is 11.3 Å². The van der Waals surface area contributed by atoms with Crippen molar-refractivity contribution in [2.45, 2.75) is 6.92 Å². The summed E-state index contributed by atoms with van der Waals surface area (Å²) in [5, 5.41) is 1.67. The van der Waals surface area contributed by atoms with Gasteiger partial charge in [0.05, 0.1) is 18.7 Å². The Kier molecular flexibility index (Phi) is 4.92. The van der Waals surface area contributed by atoms with Crippen molar-refractivity contribution in [2.75, 3.05) is 13.2 Å². The van der Waals surface area contributed by atoms with Gasteiger partial charge in [-0.3, -0.25) is 0 Å². The molecule has 2 aromatic rings. The molecule has 0 spiro atoms. The Bertz CT molecular complexity index is 499. The SMILES string of the molecule is C[C@H](COC(=O)c1cscn1)COc1ccccc1. The lowest BCUT2D eigenvalue weighted by molar-refractivity contribution is 0.0409. The number of hydrogen-bond acceptors (Lipinski definition) is 5. The van der Waals surface area contributed by atoms with Gasteiger partial charge >= 0.3 is 5.97 Å². The Morgan fingerprint density at radius 3 is 2.79 bits per heavy atom. The van der Waals surface area contributed by atoms with Crippen molar-refractivity contribution in [1.29, 1.82) is 0 Å². The smallest absolute Gasteiger partial charge is 0.357 e. The molecule has 1 heterocycles. The largest absolute Gasteiger partial charge is 0.493 e. The standard InChI is InChI=1S/C14H15NO3S/c1-11(7-17-12-5-3-2-4-6-12)8-18-14(16)13-9-19-10-15-13/h2-6,9-11H,7-8H2,1H3/t11-/m0/s1. The van der Waals surface area contributed by atoms with E-state index in [1.807, 2.05) is 37.3 Å². The van der Waals surface area contributed by atoms with Gasteiger partial charge in [-0.05, 0) is 12.1 Å². The fourth-order valence-electron chi connectivity index (χ4n) is 1.41. The second-order valence-corrected chi connectivity index (χ2v) is 4.92. The number of rotatable bonds is 6. The predicted molar refractivity (Wildman–Crippen MR) is 73.5 cm³/mol. The van der Waals surface area contributed by atoms with Crippen LogP contribution in [0.15, 0.2) is 41.2 Å². The van der Waals surface area contributed by atoms with Crippen molar-refractivity contribution in [3.8, 4) is 5.75 Å². The van der Waals surface area contributed by atoms with Crippen LogP contribution in [0.2, 0.25) is 0 Å². The Labute approximate surface area is 116 Å². The average Bonchev–Trinajstić information content (AvgIpc) is 2.98. The molecule has 1 aromatic carbocycles. The van der Waals surface area contributed by atoms with E-state index in [9.17, 15) is 4.79 Å². The third kappa shape index (κ3) is 4.37. The van der Waals surface area contributed by atoms with Gasteiger partial charge in [0, 0.05) is 11.3 Å². The maximum absolute atomic E-state index is 11.6. The van der Waals surface area contributed by atoms with Crippen molar-refractivity contribution < 1.29 is 14.3 Å². The van der Waals surface area contributed by atoms with Crippen LogP contribution in [0.3, 0.4) is 0 Å². The van der Waals surface area contributed by atoms with Gasteiger partial charge in [-0.15, -0.1) is 11.3 Å². The molecule has 100 valence electrons. The van der Waals surface area contributed by atoms with Gasteiger partial charge in [-0.2, -0.15) is 0 Å². The predicted octanol–water partition coefficient (Wildman–Crippen LogP) is 3.02. The Balaban J connectivity index is 1.70. The van der Waals surface area contributed by atoms with Gasteiger partial charge in [-0.25, -0.2) is 9.78 Å². The molecule has 0 saturated heterocycles. The second-order valence-electron chi connectivity index (χ2n) is 4.20. The normalized spacial score (nSPS) is 11.8. The summed E-state index contributed by atoms with van der Waals surface area (Å²) >= 11 is 1.37. The highest BCUT2D eigenvalue weighted by molar-refractivity contribution is 7.07. The van der Waals surface area contributed by atoms with E-state index in [1.54, 1.807) is 10.9 Å². The second kappa shape index (κ2) is 6.89. The first-order valence-electron chi connectivity index (χ1n) is 5.99. The summed E-state index contributed by atoms with van der Waals surface area (Å²) in [5.41, 5.74) is 1.97. The number of thiazole rings is 1. The van der Waals surface area contributed by atoms with E-state index in [2.05, 4.69) is 4.98 Å². The van der Waals surface area contributed by atoms with Gasteiger partial charge in [0.1, 0.15) is 5.75 Å². The number of ether oxygens (including phenoxy) is 2. The molecule has 0 saturated carbocycles. The van der Waals surface area contributed by atoms with Crippen LogP contribution in [0.4, 0.5) is 0 Å². The number of para-hydroxylation sites is 1. The molecule has 4 nitrogen and oxygen atoms in total. The Morgan fingerprint density at radius 1 is 1.32 bits per heavy atom. The monoisotopic (exact) mass is 277 g/mol. The van der Waals surface area contributed by atoms with Crippen molar-refractivity contribution in [3.63, 3.8) is 0 Å². The van der Waals surface area contributed by atoms with E-state index in [0.29, 0.717) is 18.9 Å². The third-order valence-electron chi connectivity index (χ3n) is 2.42. The summed E-state index contributed by atoms with van der Waals surface area (Å²) < 4.78 is 10.7. The summed E-state index contributed by atoms with van der Waals surface area (Å²) in [4.78, 5) is 15.5. The molecule has 0 N–H and O–H groups in total. The lowest BCUT2D eigenvalue weighted by Crippen LogP contribution is -2.18. The molecule has 19 heavy (non-hydrogen) atoms. The average molecular weight is 277 g/mol. The number of aromatic nitrogens is 1. The minimum absolute atomic E-state index is 0.128. The summed E-state index contributed by atoms with van der Waals surface area (Å²) in [5.74, 6) is 0.566. The van der Waals surface area contributed by atoms with Crippen LogP contribution < -0.4 is 4.74 Å². The maximum Gasteiger partial charge on any atom is 0.357 e. The van der Waals surface area contributed by atoms with Crippen molar-refractivity contribution in [1.82, 2.24) is 4.98 Å². The summed E-state index contributed by atoms with van der Waals surface area (Å²) in [6, 6.07) is 9.57. The fraction of sp³-hybridized carbons (Fsp3) is 0.286. The van der Waals surface area contributed by atoms with Gasteiger partial charge in [-0.1, -0.05) is 25.1 Å². The van der Waals surface area contributed by atoms with Gasteiger partial charge in [0.25, 0.3) is 0 Å². The summed E-state index contributed by atoms with van der Waals surface area (Å²) in [7, 11) is 0. The first-order valence-corrected chi connectivity index (χ1v) is 6.93. The number of esters is 1. The zero-order chi connectivity index (χ0) is 13.5. The van der Waals surface area contributed by atoms with Crippen LogP contribution in [-0.4, -0.2) is 24.2 Å². The lowest BCUT2D eigenvalue weighted by Gasteiger charge is -2.13. The number of benzene rings is 1.